The van der Waals surface area contributed by atoms with Gasteiger partial charge < -0.3 is 15.4 Å². The zero-order chi connectivity index (χ0) is 27.6. The van der Waals surface area contributed by atoms with Gasteiger partial charge in [0.1, 0.15) is 23.3 Å². The fraction of sp³-hybridized carbons (Fsp3) is 0.303. The summed E-state index contributed by atoms with van der Waals surface area (Å²) in [7, 11) is 0. The van der Waals surface area contributed by atoms with E-state index in [1.165, 1.54) is 0 Å². The fourth-order valence-electron chi connectivity index (χ4n) is 8.03. The van der Waals surface area contributed by atoms with Crippen LogP contribution in [0.3, 0.4) is 0 Å². The quantitative estimate of drug-likeness (QED) is 0.350. The molecule has 7 nitrogen and oxygen atoms in total. The summed E-state index contributed by atoms with van der Waals surface area (Å²) in [4.78, 5) is 46.2. The zero-order valence-corrected chi connectivity index (χ0v) is 22.4. The number of amides is 2. The molecular weight excluding hydrogens is 502 g/mol. The highest BCUT2D eigenvalue weighted by molar-refractivity contribution is 6.21. The number of fused-ring (bicyclic) bond motifs is 7. The molecule has 2 spiro atoms. The first kappa shape index (κ1) is 24.8. The van der Waals surface area contributed by atoms with Gasteiger partial charge in [0, 0.05) is 28.5 Å². The SMILES string of the molecule is C=CCOc1cccc(C(=O)[C@@H]2[C@H]3CCCN3[C@@]3(C(=O)Nc4c(CC)cccc43)[C@]23C(=O)Nc2ccccc23)c1. The van der Waals surface area contributed by atoms with E-state index >= 15 is 0 Å². The first-order valence-corrected chi connectivity index (χ1v) is 14.0. The number of benzene rings is 3. The van der Waals surface area contributed by atoms with Gasteiger partial charge >= 0.3 is 0 Å². The van der Waals surface area contributed by atoms with Crippen molar-refractivity contribution in [1.82, 2.24) is 4.90 Å². The second-order valence-corrected chi connectivity index (χ2v) is 11.0. The molecule has 4 atom stereocenters. The Hall–Kier alpha value is -4.23. The van der Waals surface area contributed by atoms with E-state index in [2.05, 4.69) is 29.0 Å². The number of ketones is 1. The first-order chi connectivity index (χ1) is 19.5. The topological polar surface area (TPSA) is 87.7 Å². The molecule has 2 fully saturated rings. The maximum Gasteiger partial charge on any atom is 0.251 e. The Kier molecular flexibility index (Phi) is 5.51. The summed E-state index contributed by atoms with van der Waals surface area (Å²) in [6.45, 7) is 6.70. The predicted octanol–water partition coefficient (Wildman–Crippen LogP) is 4.83. The monoisotopic (exact) mass is 533 g/mol. The second kappa shape index (κ2) is 8.89. The van der Waals surface area contributed by atoms with E-state index in [9.17, 15) is 14.4 Å². The van der Waals surface area contributed by atoms with Crippen LogP contribution in [0.2, 0.25) is 0 Å². The minimum absolute atomic E-state index is 0.155. The lowest BCUT2D eigenvalue weighted by Crippen LogP contribution is -2.62. The van der Waals surface area contributed by atoms with E-state index in [1.54, 1.807) is 30.3 Å². The molecule has 0 aliphatic carbocycles. The lowest BCUT2D eigenvalue weighted by Gasteiger charge is -2.43. The summed E-state index contributed by atoms with van der Waals surface area (Å²) in [6.07, 6.45) is 3.95. The number of carbonyl (C=O) groups is 3. The van der Waals surface area contributed by atoms with E-state index in [-0.39, 0.29) is 23.6 Å². The van der Waals surface area contributed by atoms with Crippen molar-refractivity contribution in [1.29, 1.82) is 0 Å². The van der Waals surface area contributed by atoms with Crippen molar-refractivity contribution in [2.45, 2.75) is 43.2 Å². The molecule has 202 valence electrons. The third kappa shape index (κ3) is 2.90. The molecule has 2 amide bonds. The van der Waals surface area contributed by atoms with Crippen molar-refractivity contribution in [2.24, 2.45) is 5.92 Å². The first-order valence-electron chi connectivity index (χ1n) is 14.0. The molecule has 0 bridgehead atoms. The lowest BCUT2D eigenvalue weighted by molar-refractivity contribution is -0.137. The standard InChI is InChI=1S/C33H31N3O4/c1-3-18-40-22-12-7-11-21(19-22)29(37)27-26-16-9-17-36(26)33(24-14-8-10-20(4-2)28(24)35-31(33)39)32(27)23-13-5-6-15-25(23)34-30(32)38/h3,5-8,10-15,19,26-27H,1,4,9,16-18H2,2H3,(H,34,38)(H,35,39)/t26-,27+,32+,33+/m1/s1. The highest BCUT2D eigenvalue weighted by Crippen LogP contribution is 2.68. The predicted molar refractivity (Wildman–Crippen MR) is 153 cm³/mol. The van der Waals surface area contributed by atoms with Crippen LogP contribution in [0, 0.1) is 5.92 Å². The van der Waals surface area contributed by atoms with Crippen molar-refractivity contribution in [3.63, 3.8) is 0 Å². The molecule has 4 aliphatic rings. The third-order valence-electron chi connectivity index (χ3n) is 9.37. The molecule has 0 saturated carbocycles. The Morgan fingerprint density at radius 2 is 1.85 bits per heavy atom. The Balaban J connectivity index is 1.52. The number of carbonyl (C=O) groups excluding carboxylic acids is 3. The summed E-state index contributed by atoms with van der Waals surface area (Å²) < 4.78 is 5.75. The van der Waals surface area contributed by atoms with Crippen LogP contribution in [0.25, 0.3) is 0 Å². The number of hydrogen-bond donors (Lipinski definition) is 2. The van der Waals surface area contributed by atoms with Crippen molar-refractivity contribution in [3.05, 3.63) is 102 Å². The van der Waals surface area contributed by atoms with Crippen LogP contribution in [0.4, 0.5) is 11.4 Å². The number of para-hydroxylation sites is 2. The summed E-state index contributed by atoms with van der Waals surface area (Å²) in [5, 5.41) is 6.29. The van der Waals surface area contributed by atoms with Crippen molar-refractivity contribution < 1.29 is 19.1 Å². The number of anilines is 2. The molecule has 0 radical (unpaired) electrons. The second-order valence-electron chi connectivity index (χ2n) is 11.0. The number of aryl methyl sites for hydroxylation is 1. The maximum atomic E-state index is 14.8. The van der Waals surface area contributed by atoms with E-state index in [1.807, 2.05) is 42.5 Å². The smallest absolute Gasteiger partial charge is 0.251 e. The van der Waals surface area contributed by atoms with Gasteiger partial charge in [0.2, 0.25) is 5.91 Å². The fourth-order valence-corrected chi connectivity index (χ4v) is 8.03. The summed E-state index contributed by atoms with van der Waals surface area (Å²) in [6, 6.07) is 20.3. The highest BCUT2D eigenvalue weighted by atomic mass is 16.5. The van der Waals surface area contributed by atoms with Gasteiger partial charge in [0.05, 0.1) is 5.92 Å². The Bertz CT molecular complexity index is 1600. The molecule has 3 aromatic rings. The normalized spacial score (nSPS) is 27.8. The average molecular weight is 534 g/mol. The lowest BCUT2D eigenvalue weighted by atomic mass is 9.57. The van der Waals surface area contributed by atoms with Gasteiger partial charge in [-0.05, 0) is 55.1 Å². The van der Waals surface area contributed by atoms with Crippen molar-refractivity contribution in [3.8, 4) is 5.75 Å². The van der Waals surface area contributed by atoms with E-state index in [0.29, 0.717) is 35.7 Å². The largest absolute Gasteiger partial charge is 0.490 e. The van der Waals surface area contributed by atoms with Gasteiger partial charge in [0.15, 0.2) is 5.78 Å². The van der Waals surface area contributed by atoms with Gasteiger partial charge in [0.25, 0.3) is 5.91 Å². The molecule has 0 aromatic heterocycles. The summed E-state index contributed by atoms with van der Waals surface area (Å²) in [5.74, 6) is -0.914. The number of nitrogens with zero attached hydrogens (tertiary/aromatic N) is 1. The van der Waals surface area contributed by atoms with Gasteiger partial charge in [-0.25, -0.2) is 0 Å². The average Bonchev–Trinajstić information content (AvgIpc) is 3.70. The number of ether oxygens (including phenoxy) is 1. The minimum atomic E-state index is -1.45. The number of rotatable bonds is 6. The molecule has 2 saturated heterocycles. The Morgan fingerprint density at radius 1 is 1.05 bits per heavy atom. The van der Waals surface area contributed by atoms with Crippen molar-refractivity contribution in [2.75, 3.05) is 23.8 Å². The Morgan fingerprint density at radius 3 is 2.67 bits per heavy atom. The maximum absolute atomic E-state index is 14.8. The minimum Gasteiger partial charge on any atom is -0.490 e. The number of hydrogen-bond acceptors (Lipinski definition) is 5. The number of nitrogens with one attached hydrogen (secondary N) is 2. The molecule has 4 aliphatic heterocycles. The van der Waals surface area contributed by atoms with E-state index in [0.717, 1.165) is 36.1 Å². The van der Waals surface area contributed by atoms with Crippen LogP contribution >= 0.6 is 0 Å². The highest BCUT2D eigenvalue weighted by Gasteiger charge is 2.81. The molecule has 7 rings (SSSR count). The van der Waals surface area contributed by atoms with Crippen LogP contribution in [0.15, 0.2) is 79.4 Å². The van der Waals surface area contributed by atoms with Gasteiger partial charge in [-0.3, -0.25) is 19.3 Å². The molecule has 2 N–H and O–H groups in total. The van der Waals surface area contributed by atoms with Crippen LogP contribution in [-0.2, 0) is 27.0 Å². The van der Waals surface area contributed by atoms with Crippen molar-refractivity contribution >= 4 is 29.0 Å². The van der Waals surface area contributed by atoms with Gasteiger partial charge in [-0.1, -0.05) is 68.1 Å². The van der Waals surface area contributed by atoms with E-state index in [4.69, 9.17) is 4.74 Å². The summed E-state index contributed by atoms with van der Waals surface area (Å²) >= 11 is 0. The van der Waals surface area contributed by atoms with Crippen LogP contribution in [-0.4, -0.2) is 41.7 Å². The van der Waals surface area contributed by atoms with Crippen LogP contribution in [0.1, 0.15) is 46.8 Å². The molecule has 4 heterocycles. The molecule has 7 heteroatoms. The molecule has 40 heavy (non-hydrogen) atoms. The summed E-state index contributed by atoms with van der Waals surface area (Å²) in [5.41, 5.74) is 1.58. The van der Waals surface area contributed by atoms with E-state index < -0.39 is 16.9 Å². The Labute approximate surface area is 233 Å². The van der Waals surface area contributed by atoms with Crippen LogP contribution < -0.4 is 15.4 Å². The van der Waals surface area contributed by atoms with Gasteiger partial charge in [-0.2, -0.15) is 0 Å². The van der Waals surface area contributed by atoms with Gasteiger partial charge in [-0.15, -0.1) is 0 Å². The third-order valence-corrected chi connectivity index (χ3v) is 9.37. The molecule has 0 unspecified atom stereocenters. The van der Waals surface area contributed by atoms with Crippen LogP contribution in [0.5, 0.6) is 5.75 Å². The number of Topliss-reactive ketones (excluding diaryl/α,β-unsaturated/α-hetero) is 1. The molecule has 3 aromatic carbocycles. The molecular formula is C33H31N3O4. The zero-order valence-electron chi connectivity index (χ0n) is 22.4.